The lowest BCUT2D eigenvalue weighted by Gasteiger charge is -2.20. The summed E-state index contributed by atoms with van der Waals surface area (Å²) in [5.41, 5.74) is 6.25. The van der Waals surface area contributed by atoms with Gasteiger partial charge in [0.2, 0.25) is 5.89 Å². The Kier molecular flexibility index (Phi) is 5.58. The van der Waals surface area contributed by atoms with E-state index in [4.69, 9.17) is 4.42 Å². The third-order valence-electron chi connectivity index (χ3n) is 5.56. The number of oxazole rings is 1. The third-order valence-corrected chi connectivity index (χ3v) is 5.56. The van der Waals surface area contributed by atoms with Crippen LogP contribution in [0.2, 0.25) is 0 Å². The fourth-order valence-electron chi connectivity index (χ4n) is 3.95. The molecule has 1 aliphatic rings. The highest BCUT2D eigenvalue weighted by Gasteiger charge is 2.19. The fraction of sp³-hybridized carbons (Fsp3) is 0.154. The maximum atomic E-state index is 12.3. The second-order valence-corrected chi connectivity index (χ2v) is 7.72. The maximum Gasteiger partial charge on any atom is 0.319 e. The third kappa shape index (κ3) is 4.34. The molecule has 6 heteroatoms. The van der Waals surface area contributed by atoms with Gasteiger partial charge in [0, 0.05) is 42.1 Å². The van der Waals surface area contributed by atoms with Gasteiger partial charge in [-0.05, 0) is 54.4 Å². The summed E-state index contributed by atoms with van der Waals surface area (Å²) in [6.07, 6.45) is 3.28. The van der Waals surface area contributed by atoms with Gasteiger partial charge in [-0.1, -0.05) is 36.4 Å². The Labute approximate surface area is 186 Å². The van der Waals surface area contributed by atoms with Crippen molar-refractivity contribution in [1.29, 1.82) is 0 Å². The summed E-state index contributed by atoms with van der Waals surface area (Å²) in [6.45, 7) is 1.44. The zero-order valence-corrected chi connectivity index (χ0v) is 17.6. The number of carbonyl (C=O) groups is 1. The molecule has 2 amide bonds. The standard InChI is InChI=1S/C26H24N4O2/c31-26(27-16-14-22-18-32-25(28-22)20-7-2-1-3-8-20)29-21-10-12-23(13-11-21)30-17-15-19-6-4-5-9-24(19)30/h1-13,18H,14-17H2,(H2,27,29,31). The number of hydrogen-bond acceptors (Lipinski definition) is 4. The fourth-order valence-corrected chi connectivity index (χ4v) is 3.95. The van der Waals surface area contributed by atoms with Crippen LogP contribution < -0.4 is 15.5 Å². The Morgan fingerprint density at radius 3 is 2.59 bits per heavy atom. The van der Waals surface area contributed by atoms with Crippen molar-refractivity contribution in [2.75, 3.05) is 23.3 Å². The van der Waals surface area contributed by atoms with E-state index >= 15 is 0 Å². The van der Waals surface area contributed by atoms with Gasteiger partial charge >= 0.3 is 6.03 Å². The van der Waals surface area contributed by atoms with Gasteiger partial charge in [0.05, 0.1) is 5.69 Å². The summed E-state index contributed by atoms with van der Waals surface area (Å²) >= 11 is 0. The van der Waals surface area contributed by atoms with Crippen molar-refractivity contribution in [3.8, 4) is 11.5 Å². The highest BCUT2D eigenvalue weighted by Crippen LogP contribution is 2.34. The summed E-state index contributed by atoms with van der Waals surface area (Å²) in [7, 11) is 0. The number of anilines is 3. The molecule has 160 valence electrons. The number of hydrogen-bond donors (Lipinski definition) is 2. The number of rotatable bonds is 6. The van der Waals surface area contributed by atoms with Crippen LogP contribution in [-0.4, -0.2) is 24.1 Å². The molecule has 4 aromatic rings. The number of urea groups is 1. The number of fused-ring (bicyclic) bond motifs is 1. The molecule has 0 unspecified atom stereocenters. The summed E-state index contributed by atoms with van der Waals surface area (Å²) in [4.78, 5) is 19.0. The summed E-state index contributed by atoms with van der Waals surface area (Å²) in [6, 6.07) is 25.9. The number of amides is 2. The van der Waals surface area contributed by atoms with E-state index in [-0.39, 0.29) is 6.03 Å². The smallest absolute Gasteiger partial charge is 0.319 e. The Balaban J connectivity index is 1.12. The highest BCUT2D eigenvalue weighted by molar-refractivity contribution is 5.89. The number of nitrogens with one attached hydrogen (secondary N) is 2. The zero-order valence-electron chi connectivity index (χ0n) is 17.6. The monoisotopic (exact) mass is 424 g/mol. The van der Waals surface area contributed by atoms with Crippen molar-refractivity contribution in [3.63, 3.8) is 0 Å². The van der Waals surface area contributed by atoms with Crippen molar-refractivity contribution < 1.29 is 9.21 Å². The molecule has 0 aliphatic carbocycles. The summed E-state index contributed by atoms with van der Waals surface area (Å²) in [5.74, 6) is 0.589. The lowest BCUT2D eigenvalue weighted by atomic mass is 10.2. The van der Waals surface area contributed by atoms with Crippen molar-refractivity contribution in [2.45, 2.75) is 12.8 Å². The minimum Gasteiger partial charge on any atom is -0.444 e. The minimum absolute atomic E-state index is 0.240. The molecule has 2 heterocycles. The predicted octanol–water partition coefficient (Wildman–Crippen LogP) is 5.40. The van der Waals surface area contributed by atoms with Gasteiger partial charge in [0.1, 0.15) is 6.26 Å². The van der Waals surface area contributed by atoms with Crippen molar-refractivity contribution in [1.82, 2.24) is 10.3 Å². The van der Waals surface area contributed by atoms with Crippen LogP contribution in [0.5, 0.6) is 0 Å². The van der Waals surface area contributed by atoms with E-state index in [0.717, 1.165) is 35.6 Å². The van der Waals surface area contributed by atoms with E-state index in [9.17, 15) is 4.79 Å². The Morgan fingerprint density at radius 2 is 1.75 bits per heavy atom. The van der Waals surface area contributed by atoms with Crippen LogP contribution >= 0.6 is 0 Å². The Hall–Kier alpha value is -4.06. The molecular weight excluding hydrogens is 400 g/mol. The molecule has 0 spiro atoms. The Bertz CT molecular complexity index is 1200. The van der Waals surface area contributed by atoms with Crippen molar-refractivity contribution in [2.24, 2.45) is 0 Å². The number of para-hydroxylation sites is 1. The van der Waals surface area contributed by atoms with E-state index in [1.165, 1.54) is 11.3 Å². The second kappa shape index (κ2) is 8.98. The largest absolute Gasteiger partial charge is 0.444 e. The summed E-state index contributed by atoms with van der Waals surface area (Å²) in [5, 5.41) is 5.75. The predicted molar refractivity (Wildman–Crippen MR) is 126 cm³/mol. The number of aromatic nitrogens is 1. The van der Waals surface area contributed by atoms with Crippen LogP contribution in [0.15, 0.2) is 89.5 Å². The maximum absolute atomic E-state index is 12.3. The van der Waals surface area contributed by atoms with Crippen LogP contribution in [0.25, 0.3) is 11.5 Å². The first-order chi connectivity index (χ1) is 15.8. The van der Waals surface area contributed by atoms with Gasteiger partial charge in [-0.2, -0.15) is 0 Å². The van der Waals surface area contributed by atoms with Gasteiger partial charge in [-0.25, -0.2) is 9.78 Å². The molecule has 0 fully saturated rings. The topological polar surface area (TPSA) is 70.4 Å². The SMILES string of the molecule is O=C(NCCc1coc(-c2ccccc2)n1)Nc1ccc(N2CCc3ccccc32)cc1. The molecule has 0 atom stereocenters. The van der Waals surface area contributed by atoms with Crippen molar-refractivity contribution in [3.05, 3.63) is 96.4 Å². The van der Waals surface area contributed by atoms with E-state index < -0.39 is 0 Å². The molecule has 0 radical (unpaired) electrons. The molecule has 32 heavy (non-hydrogen) atoms. The summed E-state index contributed by atoms with van der Waals surface area (Å²) < 4.78 is 5.54. The number of carbonyl (C=O) groups excluding carboxylic acids is 1. The molecule has 5 rings (SSSR count). The average molecular weight is 425 g/mol. The van der Waals surface area contributed by atoms with Gasteiger partial charge in [0.25, 0.3) is 0 Å². The van der Waals surface area contributed by atoms with Crippen LogP contribution in [0.1, 0.15) is 11.3 Å². The molecule has 1 aliphatic heterocycles. The quantitative estimate of drug-likeness (QED) is 0.435. The minimum atomic E-state index is -0.240. The second-order valence-electron chi connectivity index (χ2n) is 7.72. The first-order valence-electron chi connectivity index (χ1n) is 10.8. The van der Waals surface area contributed by atoms with Gasteiger partial charge in [-0.15, -0.1) is 0 Å². The zero-order chi connectivity index (χ0) is 21.8. The van der Waals surface area contributed by atoms with Crippen molar-refractivity contribution >= 4 is 23.1 Å². The van der Waals surface area contributed by atoms with Gasteiger partial charge in [0.15, 0.2) is 0 Å². The van der Waals surface area contributed by atoms with Crippen LogP contribution in [0, 0.1) is 0 Å². The molecule has 2 N–H and O–H groups in total. The molecule has 6 nitrogen and oxygen atoms in total. The lowest BCUT2D eigenvalue weighted by molar-refractivity contribution is 0.252. The molecule has 0 saturated heterocycles. The highest BCUT2D eigenvalue weighted by atomic mass is 16.3. The molecule has 0 saturated carbocycles. The number of benzene rings is 3. The first kappa shape index (κ1) is 19.9. The van der Waals surface area contributed by atoms with Gasteiger partial charge < -0.3 is 20.0 Å². The lowest BCUT2D eigenvalue weighted by Crippen LogP contribution is -2.30. The first-order valence-corrected chi connectivity index (χ1v) is 10.8. The Morgan fingerprint density at radius 1 is 0.969 bits per heavy atom. The van der Waals surface area contributed by atoms with E-state index in [2.05, 4.69) is 44.8 Å². The van der Waals surface area contributed by atoms with Crippen LogP contribution in [0.4, 0.5) is 21.9 Å². The van der Waals surface area contributed by atoms with Crippen LogP contribution in [-0.2, 0) is 12.8 Å². The van der Waals surface area contributed by atoms with E-state index in [1.54, 1.807) is 6.26 Å². The van der Waals surface area contributed by atoms with E-state index in [1.807, 2.05) is 54.6 Å². The molecular formula is C26H24N4O2. The number of nitrogens with zero attached hydrogens (tertiary/aromatic N) is 2. The normalized spacial score (nSPS) is 12.4. The molecule has 0 bridgehead atoms. The van der Waals surface area contributed by atoms with Crippen LogP contribution in [0.3, 0.4) is 0 Å². The molecule has 1 aromatic heterocycles. The molecule has 3 aromatic carbocycles. The van der Waals surface area contributed by atoms with E-state index in [0.29, 0.717) is 18.9 Å². The van der Waals surface area contributed by atoms with Gasteiger partial charge in [-0.3, -0.25) is 0 Å². The average Bonchev–Trinajstić information content (AvgIpc) is 3.48.